The highest BCUT2D eigenvalue weighted by Crippen LogP contribution is 2.38. The largest absolute Gasteiger partial charge is 0.0901 e. The van der Waals surface area contributed by atoms with Crippen molar-refractivity contribution in [2.75, 3.05) is 0 Å². The number of rotatable bonds is 7. The molecule has 0 N–H and O–H groups in total. The van der Waals surface area contributed by atoms with Gasteiger partial charge in [0.05, 0.1) is 0 Å². The molecule has 0 atom stereocenters. The fourth-order valence-electron chi connectivity index (χ4n) is 4.45. The van der Waals surface area contributed by atoms with E-state index >= 15 is 0 Å². The summed E-state index contributed by atoms with van der Waals surface area (Å²) < 4.78 is 0. The van der Waals surface area contributed by atoms with Gasteiger partial charge in [-0.25, -0.2) is 0 Å². The van der Waals surface area contributed by atoms with Crippen molar-refractivity contribution < 1.29 is 0 Å². The van der Waals surface area contributed by atoms with Crippen LogP contribution in [0, 0.1) is 0 Å². The van der Waals surface area contributed by atoms with Crippen molar-refractivity contribution in [2.45, 2.75) is 19.6 Å². The molecule has 6 aromatic rings. The van der Waals surface area contributed by atoms with Crippen LogP contribution >= 0.6 is 23.5 Å². The molecule has 0 aliphatic carbocycles. The van der Waals surface area contributed by atoms with Crippen LogP contribution in [0.25, 0.3) is 33.4 Å². The molecular formula is C36H26S2. The fraction of sp³-hybridized carbons (Fsp3) is 0. The summed E-state index contributed by atoms with van der Waals surface area (Å²) in [6.45, 7) is 0. The quantitative estimate of drug-likeness (QED) is 0.204. The third-order valence-electron chi connectivity index (χ3n) is 6.44. The highest BCUT2D eigenvalue weighted by Gasteiger charge is 2.08. The lowest BCUT2D eigenvalue weighted by Gasteiger charge is -2.11. The van der Waals surface area contributed by atoms with Crippen molar-refractivity contribution >= 4 is 23.5 Å². The Labute approximate surface area is 233 Å². The lowest BCUT2D eigenvalue weighted by molar-refractivity contribution is 1.33. The minimum Gasteiger partial charge on any atom is -0.0901 e. The molecule has 0 aliphatic rings. The SMILES string of the molecule is c1ccc(-c2ccc(Sc3ccc(Sc4ccccc4-c4ccc(-c5ccccc5)cc4)cc3)cc2)cc1. The molecule has 0 heterocycles. The summed E-state index contributed by atoms with van der Waals surface area (Å²) in [5.41, 5.74) is 7.47. The van der Waals surface area contributed by atoms with Gasteiger partial charge in [-0.15, -0.1) is 0 Å². The lowest BCUT2D eigenvalue weighted by atomic mass is 10.0. The Hall–Kier alpha value is -3.98. The van der Waals surface area contributed by atoms with E-state index in [1.54, 1.807) is 11.8 Å². The van der Waals surface area contributed by atoms with Crippen LogP contribution in [0.5, 0.6) is 0 Å². The molecule has 6 aromatic carbocycles. The molecular weight excluding hydrogens is 497 g/mol. The first-order valence-corrected chi connectivity index (χ1v) is 14.3. The van der Waals surface area contributed by atoms with E-state index in [1.807, 2.05) is 11.8 Å². The standard InChI is InChI=1S/C36H26S2/c1-3-9-27(10-4-1)29-15-17-31(18-16-29)35-13-7-8-14-36(35)38-34-25-23-33(24-26-34)37-32-21-19-30(20-22-32)28-11-5-2-6-12-28/h1-26H. The van der Waals surface area contributed by atoms with Crippen LogP contribution in [0.3, 0.4) is 0 Å². The molecule has 0 fully saturated rings. The summed E-state index contributed by atoms with van der Waals surface area (Å²) in [5, 5.41) is 0. The van der Waals surface area contributed by atoms with Gasteiger partial charge in [0.25, 0.3) is 0 Å². The van der Waals surface area contributed by atoms with E-state index in [1.165, 1.54) is 53.0 Å². The van der Waals surface area contributed by atoms with Crippen LogP contribution < -0.4 is 0 Å². The first kappa shape index (κ1) is 24.4. The van der Waals surface area contributed by atoms with Crippen LogP contribution in [0.1, 0.15) is 0 Å². The minimum absolute atomic E-state index is 1.24. The van der Waals surface area contributed by atoms with Crippen molar-refractivity contribution in [1.29, 1.82) is 0 Å². The second kappa shape index (κ2) is 11.6. The van der Waals surface area contributed by atoms with Crippen molar-refractivity contribution in [3.8, 4) is 33.4 Å². The fourth-order valence-corrected chi connectivity index (χ4v) is 6.24. The molecule has 182 valence electrons. The molecule has 6 rings (SSSR count). The molecule has 0 aliphatic heterocycles. The first-order chi connectivity index (χ1) is 18.8. The van der Waals surface area contributed by atoms with Crippen LogP contribution in [0.2, 0.25) is 0 Å². The molecule has 0 aromatic heterocycles. The van der Waals surface area contributed by atoms with Gasteiger partial charge in [0.1, 0.15) is 0 Å². The summed E-state index contributed by atoms with van der Waals surface area (Å²) in [4.78, 5) is 4.99. The van der Waals surface area contributed by atoms with E-state index < -0.39 is 0 Å². The van der Waals surface area contributed by atoms with E-state index in [2.05, 4.69) is 158 Å². The molecule has 2 heteroatoms. The van der Waals surface area contributed by atoms with Crippen LogP contribution in [0.15, 0.2) is 177 Å². The van der Waals surface area contributed by atoms with Crippen LogP contribution in [-0.2, 0) is 0 Å². The maximum Gasteiger partial charge on any atom is 0.0200 e. The maximum atomic E-state index is 2.23. The van der Waals surface area contributed by atoms with Gasteiger partial charge in [-0.2, -0.15) is 0 Å². The van der Waals surface area contributed by atoms with Crippen molar-refractivity contribution in [3.63, 3.8) is 0 Å². The van der Waals surface area contributed by atoms with Gasteiger partial charge in [0, 0.05) is 19.6 Å². The summed E-state index contributed by atoms with van der Waals surface area (Å²) in [5.74, 6) is 0. The highest BCUT2D eigenvalue weighted by atomic mass is 32.2. The summed E-state index contributed by atoms with van der Waals surface area (Å²) in [6.07, 6.45) is 0. The van der Waals surface area contributed by atoms with E-state index in [9.17, 15) is 0 Å². The summed E-state index contributed by atoms with van der Waals surface area (Å²) >= 11 is 3.61. The molecule has 0 nitrogen and oxygen atoms in total. The van der Waals surface area contributed by atoms with Gasteiger partial charge < -0.3 is 0 Å². The molecule has 0 spiro atoms. The van der Waals surface area contributed by atoms with E-state index in [0.29, 0.717) is 0 Å². The molecule has 0 unspecified atom stereocenters. The van der Waals surface area contributed by atoms with Crippen molar-refractivity contribution in [3.05, 3.63) is 158 Å². The van der Waals surface area contributed by atoms with Crippen molar-refractivity contribution in [2.24, 2.45) is 0 Å². The average Bonchev–Trinajstić information content (AvgIpc) is 3.00. The normalized spacial score (nSPS) is 10.8. The van der Waals surface area contributed by atoms with Crippen LogP contribution in [0.4, 0.5) is 0 Å². The Kier molecular flexibility index (Phi) is 7.44. The maximum absolute atomic E-state index is 2.23. The second-order valence-corrected chi connectivity index (χ2v) is 11.3. The van der Waals surface area contributed by atoms with Gasteiger partial charge in [-0.05, 0) is 75.8 Å². The van der Waals surface area contributed by atoms with Gasteiger partial charge in [0.2, 0.25) is 0 Å². The Morgan fingerprint density at radius 3 is 1.18 bits per heavy atom. The molecule has 0 saturated carbocycles. The lowest BCUT2D eigenvalue weighted by Crippen LogP contribution is -1.84. The van der Waals surface area contributed by atoms with E-state index in [-0.39, 0.29) is 0 Å². The monoisotopic (exact) mass is 522 g/mol. The predicted octanol–water partition coefficient (Wildman–Crippen LogP) is 11.0. The number of hydrogen-bond acceptors (Lipinski definition) is 2. The summed E-state index contributed by atoms with van der Waals surface area (Å²) in [6, 6.07) is 56.3. The van der Waals surface area contributed by atoms with Gasteiger partial charge >= 0.3 is 0 Å². The Morgan fingerprint density at radius 2 is 0.632 bits per heavy atom. The zero-order chi connectivity index (χ0) is 25.6. The van der Waals surface area contributed by atoms with Crippen LogP contribution in [-0.4, -0.2) is 0 Å². The minimum atomic E-state index is 1.24. The third kappa shape index (κ3) is 5.78. The molecule has 38 heavy (non-hydrogen) atoms. The Morgan fingerprint density at radius 1 is 0.263 bits per heavy atom. The van der Waals surface area contributed by atoms with E-state index in [0.717, 1.165) is 0 Å². The summed E-state index contributed by atoms with van der Waals surface area (Å²) in [7, 11) is 0. The van der Waals surface area contributed by atoms with Gasteiger partial charge in [0.15, 0.2) is 0 Å². The van der Waals surface area contributed by atoms with Gasteiger partial charge in [-0.3, -0.25) is 0 Å². The molecule has 0 radical (unpaired) electrons. The number of hydrogen-bond donors (Lipinski definition) is 0. The molecule has 0 amide bonds. The van der Waals surface area contributed by atoms with Gasteiger partial charge in [-0.1, -0.05) is 139 Å². The van der Waals surface area contributed by atoms with E-state index in [4.69, 9.17) is 0 Å². The zero-order valence-electron chi connectivity index (χ0n) is 20.8. The smallest absolute Gasteiger partial charge is 0.0200 e. The molecule has 0 bridgehead atoms. The Bertz CT molecular complexity index is 1600. The number of benzene rings is 6. The van der Waals surface area contributed by atoms with Crippen molar-refractivity contribution in [1.82, 2.24) is 0 Å². The second-order valence-electron chi connectivity index (χ2n) is 9.01. The Balaban J connectivity index is 1.15. The topological polar surface area (TPSA) is 0 Å². The first-order valence-electron chi connectivity index (χ1n) is 12.7. The predicted molar refractivity (Wildman–Crippen MR) is 164 cm³/mol. The zero-order valence-corrected chi connectivity index (χ0v) is 22.5. The molecule has 0 saturated heterocycles. The average molecular weight is 523 g/mol. The third-order valence-corrected chi connectivity index (χ3v) is 8.54. The highest BCUT2D eigenvalue weighted by molar-refractivity contribution is 7.99.